The zero-order valence-electron chi connectivity index (χ0n) is 17.2. The molecule has 2 aromatic carbocycles. The molecule has 3 rings (SSSR count). The zero-order chi connectivity index (χ0) is 21.2. The average molecular weight is 447 g/mol. The van der Waals surface area contributed by atoms with Crippen LogP contribution in [0.2, 0.25) is 0 Å². The standard InChI is InChI=1S/C23H30N2O3S2/c26-23(24-15-17-29-22-13-5-2-6-14-22)21-12-7-16-25(19-21)30(27,28)18-8-11-20-9-3-1-4-10-20/h1-6,9-10,13-14,21H,7-8,11-12,15-19H2,(H,24,26)/t21-/m1/s1. The van der Waals surface area contributed by atoms with Crippen LogP contribution in [0.15, 0.2) is 65.6 Å². The molecule has 1 heterocycles. The summed E-state index contributed by atoms with van der Waals surface area (Å²) in [5.74, 6) is 0.630. The Morgan fingerprint density at radius 3 is 2.50 bits per heavy atom. The molecule has 1 aliphatic heterocycles. The van der Waals surface area contributed by atoms with Crippen LogP contribution in [0.5, 0.6) is 0 Å². The second-order valence-corrected chi connectivity index (χ2v) is 10.8. The van der Waals surface area contributed by atoms with Gasteiger partial charge in [0, 0.05) is 30.3 Å². The normalized spacial score (nSPS) is 17.5. The van der Waals surface area contributed by atoms with E-state index in [1.807, 2.05) is 60.7 Å². The Hall–Kier alpha value is -1.83. The maximum Gasteiger partial charge on any atom is 0.224 e. The summed E-state index contributed by atoms with van der Waals surface area (Å²) in [7, 11) is -3.33. The van der Waals surface area contributed by atoms with Gasteiger partial charge in [-0.1, -0.05) is 48.5 Å². The molecular formula is C23H30N2O3S2. The van der Waals surface area contributed by atoms with E-state index in [4.69, 9.17) is 0 Å². The molecule has 1 N–H and O–H groups in total. The van der Waals surface area contributed by atoms with Crippen molar-refractivity contribution in [2.24, 2.45) is 5.92 Å². The number of piperidine rings is 1. The molecule has 5 nitrogen and oxygen atoms in total. The van der Waals surface area contributed by atoms with Gasteiger partial charge in [-0.3, -0.25) is 4.79 Å². The summed E-state index contributed by atoms with van der Waals surface area (Å²) in [6, 6.07) is 20.0. The number of amides is 1. The lowest BCUT2D eigenvalue weighted by atomic mass is 9.99. The summed E-state index contributed by atoms with van der Waals surface area (Å²) >= 11 is 1.70. The maximum absolute atomic E-state index is 12.8. The van der Waals surface area contributed by atoms with E-state index in [2.05, 4.69) is 5.32 Å². The van der Waals surface area contributed by atoms with Crippen LogP contribution in [0, 0.1) is 5.92 Å². The van der Waals surface area contributed by atoms with Crippen LogP contribution in [0.25, 0.3) is 0 Å². The largest absolute Gasteiger partial charge is 0.355 e. The van der Waals surface area contributed by atoms with Crippen molar-refractivity contribution in [3.05, 3.63) is 66.2 Å². The van der Waals surface area contributed by atoms with Crippen LogP contribution in [0.3, 0.4) is 0 Å². The highest BCUT2D eigenvalue weighted by atomic mass is 32.2. The first-order valence-corrected chi connectivity index (χ1v) is 13.1. The molecule has 0 saturated carbocycles. The third kappa shape index (κ3) is 7.15. The van der Waals surface area contributed by atoms with Crippen LogP contribution in [0.4, 0.5) is 0 Å². The second kappa shape index (κ2) is 11.5. The zero-order valence-corrected chi connectivity index (χ0v) is 18.8. The highest BCUT2D eigenvalue weighted by Gasteiger charge is 2.31. The van der Waals surface area contributed by atoms with Crippen molar-refractivity contribution in [2.75, 3.05) is 31.1 Å². The van der Waals surface area contributed by atoms with Crippen LogP contribution in [-0.4, -0.2) is 49.8 Å². The van der Waals surface area contributed by atoms with Gasteiger partial charge in [-0.05, 0) is 43.4 Å². The smallest absolute Gasteiger partial charge is 0.224 e. The minimum Gasteiger partial charge on any atom is -0.355 e. The van der Waals surface area contributed by atoms with Gasteiger partial charge in [0.2, 0.25) is 15.9 Å². The number of sulfonamides is 1. The maximum atomic E-state index is 12.8. The number of benzene rings is 2. The topological polar surface area (TPSA) is 66.5 Å². The fourth-order valence-corrected chi connectivity index (χ4v) is 6.02. The van der Waals surface area contributed by atoms with Gasteiger partial charge < -0.3 is 5.32 Å². The predicted molar refractivity (Wildman–Crippen MR) is 123 cm³/mol. The molecular weight excluding hydrogens is 416 g/mol. The summed E-state index contributed by atoms with van der Waals surface area (Å²) in [6.07, 6.45) is 2.82. The van der Waals surface area contributed by atoms with E-state index in [-0.39, 0.29) is 17.6 Å². The average Bonchev–Trinajstić information content (AvgIpc) is 2.78. The van der Waals surface area contributed by atoms with Gasteiger partial charge in [0.1, 0.15) is 0 Å². The summed E-state index contributed by atoms with van der Waals surface area (Å²) in [4.78, 5) is 13.7. The van der Waals surface area contributed by atoms with Gasteiger partial charge in [-0.15, -0.1) is 11.8 Å². The van der Waals surface area contributed by atoms with Crippen molar-refractivity contribution in [2.45, 2.75) is 30.6 Å². The molecule has 30 heavy (non-hydrogen) atoms. The Morgan fingerprint density at radius 1 is 1.07 bits per heavy atom. The summed E-state index contributed by atoms with van der Waals surface area (Å²) < 4.78 is 27.0. The fourth-order valence-electron chi connectivity index (χ4n) is 3.65. The molecule has 0 unspecified atom stereocenters. The molecule has 162 valence electrons. The van der Waals surface area contributed by atoms with Gasteiger partial charge in [0.15, 0.2) is 0 Å². The van der Waals surface area contributed by atoms with Gasteiger partial charge in [0.25, 0.3) is 0 Å². The van der Waals surface area contributed by atoms with Crippen molar-refractivity contribution in [3.63, 3.8) is 0 Å². The minimum absolute atomic E-state index is 0.0344. The number of nitrogens with one attached hydrogen (secondary N) is 1. The molecule has 1 aliphatic rings. The summed E-state index contributed by atoms with van der Waals surface area (Å²) in [5, 5.41) is 2.98. The Labute approximate surface area is 184 Å². The molecule has 1 fully saturated rings. The number of carbonyl (C=O) groups excluding carboxylic acids is 1. The van der Waals surface area contributed by atoms with Crippen LogP contribution in [0.1, 0.15) is 24.8 Å². The number of carbonyl (C=O) groups is 1. The van der Waals surface area contributed by atoms with E-state index >= 15 is 0 Å². The van der Waals surface area contributed by atoms with Crippen molar-refractivity contribution in [1.82, 2.24) is 9.62 Å². The molecule has 1 atom stereocenters. The molecule has 0 radical (unpaired) electrons. The molecule has 7 heteroatoms. The lowest BCUT2D eigenvalue weighted by Crippen LogP contribution is -2.46. The van der Waals surface area contributed by atoms with Gasteiger partial charge >= 0.3 is 0 Å². The SMILES string of the molecule is O=C(NCCSc1ccccc1)[C@@H]1CCCN(S(=O)(=O)CCCc2ccccc2)C1. The van der Waals surface area contributed by atoms with Gasteiger partial charge in [0.05, 0.1) is 11.7 Å². The van der Waals surface area contributed by atoms with E-state index in [1.165, 1.54) is 9.20 Å². The minimum atomic E-state index is -3.33. The van der Waals surface area contributed by atoms with Crippen molar-refractivity contribution >= 4 is 27.7 Å². The molecule has 0 aromatic heterocycles. The van der Waals surface area contributed by atoms with Crippen molar-refractivity contribution in [1.29, 1.82) is 0 Å². The quantitative estimate of drug-likeness (QED) is 0.448. The molecule has 0 spiro atoms. The molecule has 2 aromatic rings. The van der Waals surface area contributed by atoms with Crippen LogP contribution < -0.4 is 5.32 Å². The van der Waals surface area contributed by atoms with E-state index in [9.17, 15) is 13.2 Å². The van der Waals surface area contributed by atoms with E-state index in [0.29, 0.717) is 26.1 Å². The Morgan fingerprint density at radius 2 is 1.77 bits per heavy atom. The first-order chi connectivity index (χ1) is 14.5. The Bertz CT molecular complexity index is 889. The monoisotopic (exact) mass is 446 g/mol. The number of rotatable bonds is 10. The molecule has 0 aliphatic carbocycles. The number of hydrogen-bond donors (Lipinski definition) is 1. The first kappa shape index (κ1) is 22.8. The molecule has 1 saturated heterocycles. The summed E-state index contributed by atoms with van der Waals surface area (Å²) in [5.41, 5.74) is 1.15. The number of aryl methyl sites for hydroxylation is 1. The lowest BCUT2D eigenvalue weighted by Gasteiger charge is -2.31. The highest BCUT2D eigenvalue weighted by Crippen LogP contribution is 2.21. The summed E-state index contributed by atoms with van der Waals surface area (Å²) in [6.45, 7) is 1.39. The third-order valence-corrected chi connectivity index (χ3v) is 8.21. The fraction of sp³-hybridized carbons (Fsp3) is 0.435. The van der Waals surface area contributed by atoms with E-state index < -0.39 is 10.0 Å². The Kier molecular flexibility index (Phi) is 8.78. The first-order valence-electron chi connectivity index (χ1n) is 10.5. The molecule has 0 bridgehead atoms. The lowest BCUT2D eigenvalue weighted by molar-refractivity contribution is -0.125. The van der Waals surface area contributed by atoms with E-state index in [0.717, 1.165) is 30.6 Å². The second-order valence-electron chi connectivity index (χ2n) is 7.55. The number of nitrogens with zero attached hydrogens (tertiary/aromatic N) is 1. The molecule has 1 amide bonds. The number of hydrogen-bond acceptors (Lipinski definition) is 4. The highest BCUT2D eigenvalue weighted by molar-refractivity contribution is 7.99. The van der Waals surface area contributed by atoms with Crippen LogP contribution in [-0.2, 0) is 21.2 Å². The van der Waals surface area contributed by atoms with Crippen molar-refractivity contribution < 1.29 is 13.2 Å². The van der Waals surface area contributed by atoms with Crippen molar-refractivity contribution in [3.8, 4) is 0 Å². The third-order valence-electron chi connectivity index (χ3n) is 5.27. The van der Waals surface area contributed by atoms with Gasteiger partial charge in [-0.25, -0.2) is 12.7 Å². The van der Waals surface area contributed by atoms with Gasteiger partial charge in [-0.2, -0.15) is 0 Å². The Balaban J connectivity index is 1.41. The number of thioether (sulfide) groups is 1. The predicted octanol–water partition coefficient (Wildman–Crippen LogP) is 3.57. The van der Waals surface area contributed by atoms with E-state index in [1.54, 1.807) is 11.8 Å². The van der Waals surface area contributed by atoms with Crippen LogP contribution >= 0.6 is 11.8 Å².